The van der Waals surface area contributed by atoms with Crippen molar-refractivity contribution >= 4 is 11.9 Å². The van der Waals surface area contributed by atoms with E-state index < -0.39 is 17.9 Å². The number of carboxylic acid groups (broad SMARTS) is 1. The average Bonchev–Trinajstić information content (AvgIpc) is 3.11. The van der Waals surface area contributed by atoms with Gasteiger partial charge in [-0.15, -0.1) is 12.3 Å². The van der Waals surface area contributed by atoms with Crippen LogP contribution in [0.25, 0.3) is 11.3 Å². The van der Waals surface area contributed by atoms with E-state index in [0.717, 1.165) is 12.0 Å². The number of carbonyl (C=O) groups is 2. The van der Waals surface area contributed by atoms with Gasteiger partial charge in [0.25, 0.3) is 5.91 Å². The van der Waals surface area contributed by atoms with Crippen molar-refractivity contribution in [2.24, 2.45) is 0 Å². The minimum atomic E-state index is -1.11. The van der Waals surface area contributed by atoms with Crippen LogP contribution in [0.3, 0.4) is 0 Å². The maximum Gasteiger partial charge on any atom is 0.326 e. The summed E-state index contributed by atoms with van der Waals surface area (Å²) < 4.78 is 5.20. The Morgan fingerprint density at radius 2 is 2.08 bits per heavy atom. The van der Waals surface area contributed by atoms with Gasteiger partial charge in [0, 0.05) is 18.1 Å². The van der Waals surface area contributed by atoms with Crippen molar-refractivity contribution in [2.45, 2.75) is 38.6 Å². The molecule has 0 aliphatic heterocycles. The molecule has 1 atom stereocenters. The minimum absolute atomic E-state index is 0.0396. The standard InChI is InChI=1S/C19H20N2O4/c1-3-5-6-7-15(19(23)24)20-18(22)16-12-17(25-21-16)14-10-8-13(4-2)9-11-14/h1,8-12,15H,4-7H2,2H3,(H,20,22)(H,23,24). The van der Waals surface area contributed by atoms with E-state index in [4.69, 9.17) is 10.9 Å². The second-order valence-corrected chi connectivity index (χ2v) is 5.59. The Balaban J connectivity index is 2.05. The molecule has 0 fully saturated rings. The van der Waals surface area contributed by atoms with Gasteiger partial charge in [0.2, 0.25) is 0 Å². The Kier molecular flexibility index (Phi) is 6.35. The second-order valence-electron chi connectivity index (χ2n) is 5.59. The first kappa shape index (κ1) is 18.3. The number of aromatic nitrogens is 1. The fraction of sp³-hybridized carbons (Fsp3) is 0.316. The number of unbranched alkanes of at least 4 members (excludes halogenated alkanes) is 1. The first-order valence-corrected chi connectivity index (χ1v) is 8.08. The lowest BCUT2D eigenvalue weighted by molar-refractivity contribution is -0.139. The highest BCUT2D eigenvalue weighted by Gasteiger charge is 2.22. The quantitative estimate of drug-likeness (QED) is 0.569. The molecular formula is C19H20N2O4. The summed E-state index contributed by atoms with van der Waals surface area (Å²) in [6, 6.07) is 8.22. The number of rotatable bonds is 8. The molecule has 2 N–H and O–H groups in total. The summed E-state index contributed by atoms with van der Waals surface area (Å²) in [5.74, 6) is 1.20. The van der Waals surface area contributed by atoms with Crippen LogP contribution >= 0.6 is 0 Å². The van der Waals surface area contributed by atoms with Crippen LogP contribution in [-0.4, -0.2) is 28.2 Å². The lowest BCUT2D eigenvalue weighted by Crippen LogP contribution is -2.40. The van der Waals surface area contributed by atoms with Gasteiger partial charge in [-0.1, -0.05) is 36.3 Å². The number of aliphatic carboxylic acids is 1. The molecule has 1 heterocycles. The molecule has 6 nitrogen and oxygen atoms in total. The van der Waals surface area contributed by atoms with Gasteiger partial charge in [0.05, 0.1) is 0 Å². The molecular weight excluding hydrogens is 320 g/mol. The molecule has 6 heteroatoms. The van der Waals surface area contributed by atoms with Crippen molar-refractivity contribution < 1.29 is 19.2 Å². The number of terminal acetylenes is 1. The van der Waals surface area contributed by atoms with Crippen LogP contribution < -0.4 is 5.32 Å². The predicted molar refractivity (Wildman–Crippen MR) is 92.9 cm³/mol. The number of nitrogens with zero attached hydrogens (tertiary/aromatic N) is 1. The van der Waals surface area contributed by atoms with Gasteiger partial charge in [0.15, 0.2) is 11.5 Å². The largest absolute Gasteiger partial charge is 0.480 e. The summed E-state index contributed by atoms with van der Waals surface area (Å²) in [6.45, 7) is 2.06. The molecule has 0 spiro atoms. The van der Waals surface area contributed by atoms with Crippen molar-refractivity contribution in [3.63, 3.8) is 0 Å². The molecule has 2 aromatic rings. The number of carbonyl (C=O) groups excluding carboxylic acids is 1. The first-order valence-electron chi connectivity index (χ1n) is 8.08. The summed E-state index contributed by atoms with van der Waals surface area (Å²) in [5, 5.41) is 15.4. The van der Waals surface area contributed by atoms with Gasteiger partial charge in [-0.05, 0) is 24.8 Å². The lowest BCUT2D eigenvalue weighted by Gasteiger charge is -2.12. The van der Waals surface area contributed by atoms with Gasteiger partial charge in [-0.3, -0.25) is 4.79 Å². The molecule has 1 aromatic heterocycles. The molecule has 0 bridgehead atoms. The number of carboxylic acids is 1. The third kappa shape index (κ3) is 4.95. The Labute approximate surface area is 146 Å². The van der Waals surface area contributed by atoms with E-state index in [-0.39, 0.29) is 12.1 Å². The van der Waals surface area contributed by atoms with Crippen LogP contribution in [-0.2, 0) is 11.2 Å². The number of hydrogen-bond donors (Lipinski definition) is 2. The molecule has 1 unspecified atom stereocenters. The van der Waals surface area contributed by atoms with E-state index in [1.165, 1.54) is 11.6 Å². The van der Waals surface area contributed by atoms with E-state index >= 15 is 0 Å². The highest BCUT2D eigenvalue weighted by Crippen LogP contribution is 2.21. The maximum atomic E-state index is 12.2. The number of aryl methyl sites for hydroxylation is 1. The molecule has 25 heavy (non-hydrogen) atoms. The predicted octanol–water partition coefficient (Wildman–Crippen LogP) is 2.89. The molecule has 0 aliphatic carbocycles. The van der Waals surface area contributed by atoms with E-state index in [0.29, 0.717) is 18.6 Å². The van der Waals surface area contributed by atoms with Gasteiger partial charge in [0.1, 0.15) is 6.04 Å². The van der Waals surface area contributed by atoms with Crippen LogP contribution in [0.1, 0.15) is 42.2 Å². The number of nitrogens with one attached hydrogen (secondary N) is 1. The van der Waals surface area contributed by atoms with Crippen LogP contribution in [0.5, 0.6) is 0 Å². The highest BCUT2D eigenvalue weighted by atomic mass is 16.5. The van der Waals surface area contributed by atoms with Crippen LogP contribution in [0, 0.1) is 12.3 Å². The molecule has 0 saturated carbocycles. The topological polar surface area (TPSA) is 92.4 Å². The molecule has 130 valence electrons. The normalized spacial score (nSPS) is 11.5. The first-order chi connectivity index (χ1) is 12.0. The van der Waals surface area contributed by atoms with Crippen LogP contribution in [0.4, 0.5) is 0 Å². The molecule has 1 aromatic carbocycles. The lowest BCUT2D eigenvalue weighted by atomic mass is 10.1. The second kappa shape index (κ2) is 8.69. The van der Waals surface area contributed by atoms with E-state index in [1.807, 2.05) is 24.3 Å². The van der Waals surface area contributed by atoms with Crippen molar-refractivity contribution in [2.75, 3.05) is 0 Å². The zero-order chi connectivity index (χ0) is 18.2. The fourth-order valence-corrected chi connectivity index (χ4v) is 2.32. The van der Waals surface area contributed by atoms with Gasteiger partial charge in [-0.25, -0.2) is 4.79 Å². The number of hydrogen-bond acceptors (Lipinski definition) is 4. The summed E-state index contributed by atoms with van der Waals surface area (Å²) in [7, 11) is 0. The summed E-state index contributed by atoms with van der Waals surface area (Å²) in [4.78, 5) is 23.4. The Hall–Kier alpha value is -3.07. The zero-order valence-electron chi connectivity index (χ0n) is 14.0. The minimum Gasteiger partial charge on any atom is -0.480 e. The van der Waals surface area contributed by atoms with Crippen molar-refractivity contribution in [3.05, 3.63) is 41.6 Å². The molecule has 0 aliphatic rings. The third-order valence-corrected chi connectivity index (χ3v) is 3.81. The number of amides is 1. The molecule has 1 amide bonds. The molecule has 0 radical (unpaired) electrons. The van der Waals surface area contributed by atoms with E-state index in [9.17, 15) is 14.7 Å². The van der Waals surface area contributed by atoms with E-state index in [2.05, 4.69) is 23.3 Å². The van der Waals surface area contributed by atoms with Gasteiger partial charge < -0.3 is 14.9 Å². The van der Waals surface area contributed by atoms with Gasteiger partial charge in [-0.2, -0.15) is 0 Å². The van der Waals surface area contributed by atoms with Crippen LogP contribution in [0.2, 0.25) is 0 Å². The SMILES string of the molecule is C#CCCCC(NC(=O)c1cc(-c2ccc(CC)cc2)on1)C(=O)O. The Morgan fingerprint density at radius 1 is 1.36 bits per heavy atom. The monoisotopic (exact) mass is 340 g/mol. The Morgan fingerprint density at radius 3 is 2.68 bits per heavy atom. The summed E-state index contributed by atoms with van der Waals surface area (Å²) in [6.07, 6.45) is 7.32. The van der Waals surface area contributed by atoms with Crippen LogP contribution in [0.15, 0.2) is 34.9 Å². The van der Waals surface area contributed by atoms with Crippen molar-refractivity contribution in [3.8, 4) is 23.7 Å². The zero-order valence-corrected chi connectivity index (χ0v) is 14.0. The molecule has 2 rings (SSSR count). The Bertz CT molecular complexity index is 771. The summed E-state index contributed by atoms with van der Waals surface area (Å²) in [5.41, 5.74) is 2.03. The van der Waals surface area contributed by atoms with Crippen molar-refractivity contribution in [1.82, 2.24) is 10.5 Å². The smallest absolute Gasteiger partial charge is 0.326 e. The fourth-order valence-electron chi connectivity index (χ4n) is 2.32. The number of benzene rings is 1. The maximum absolute atomic E-state index is 12.2. The average molecular weight is 340 g/mol. The van der Waals surface area contributed by atoms with Crippen molar-refractivity contribution in [1.29, 1.82) is 0 Å². The van der Waals surface area contributed by atoms with E-state index in [1.54, 1.807) is 0 Å². The highest BCUT2D eigenvalue weighted by molar-refractivity contribution is 5.95. The van der Waals surface area contributed by atoms with Gasteiger partial charge >= 0.3 is 5.97 Å². The summed E-state index contributed by atoms with van der Waals surface area (Å²) >= 11 is 0. The molecule has 0 saturated heterocycles. The third-order valence-electron chi connectivity index (χ3n) is 3.81.